The van der Waals surface area contributed by atoms with Crippen LogP contribution in [0.4, 0.5) is 11.4 Å². The van der Waals surface area contributed by atoms with Crippen LogP contribution in [0.25, 0.3) is 0 Å². The molecule has 0 aliphatic carbocycles. The van der Waals surface area contributed by atoms with Crippen LogP contribution in [0.5, 0.6) is 11.5 Å². The van der Waals surface area contributed by atoms with Crippen LogP contribution in [0.15, 0.2) is 12.1 Å². The fourth-order valence-corrected chi connectivity index (χ4v) is 2.11. The first-order valence-corrected chi connectivity index (χ1v) is 6.78. The van der Waals surface area contributed by atoms with Crippen LogP contribution in [0, 0.1) is 5.92 Å². The molecule has 0 unspecified atom stereocenters. The highest BCUT2D eigenvalue weighted by Crippen LogP contribution is 2.36. The van der Waals surface area contributed by atoms with Crippen molar-refractivity contribution in [2.24, 2.45) is 5.92 Å². The smallest absolute Gasteiger partial charge is 0.162 e. The zero-order valence-electron chi connectivity index (χ0n) is 13.1. The molecule has 20 heavy (non-hydrogen) atoms. The number of nitrogen functional groups attached to an aromatic ring is 1. The molecule has 5 heteroatoms. The summed E-state index contributed by atoms with van der Waals surface area (Å²) < 4.78 is 15.8. The Labute approximate surface area is 121 Å². The molecule has 0 spiro atoms. The van der Waals surface area contributed by atoms with Gasteiger partial charge in [0.25, 0.3) is 0 Å². The number of methoxy groups -OCH3 is 3. The van der Waals surface area contributed by atoms with Gasteiger partial charge in [0.15, 0.2) is 11.5 Å². The van der Waals surface area contributed by atoms with Crippen molar-refractivity contribution in [3.63, 3.8) is 0 Å². The van der Waals surface area contributed by atoms with Crippen LogP contribution < -0.4 is 20.1 Å². The summed E-state index contributed by atoms with van der Waals surface area (Å²) in [6.45, 7) is 6.70. The molecule has 0 aromatic heterocycles. The van der Waals surface area contributed by atoms with Crippen LogP contribution in [0.2, 0.25) is 0 Å². The first kappa shape index (κ1) is 16.4. The van der Waals surface area contributed by atoms with E-state index in [9.17, 15) is 0 Å². The number of hydrogen-bond donors (Lipinski definition) is 1. The van der Waals surface area contributed by atoms with Gasteiger partial charge in [-0.1, -0.05) is 13.8 Å². The van der Waals surface area contributed by atoms with Crippen LogP contribution in [-0.4, -0.2) is 41.0 Å². The van der Waals surface area contributed by atoms with Crippen LogP contribution >= 0.6 is 0 Å². The molecule has 0 aliphatic heterocycles. The molecule has 1 rings (SSSR count). The first-order valence-electron chi connectivity index (χ1n) is 6.78. The third kappa shape index (κ3) is 4.20. The van der Waals surface area contributed by atoms with Crippen molar-refractivity contribution in [1.82, 2.24) is 0 Å². The monoisotopic (exact) mass is 282 g/mol. The van der Waals surface area contributed by atoms with Gasteiger partial charge in [-0.2, -0.15) is 0 Å². The topological polar surface area (TPSA) is 57.0 Å². The van der Waals surface area contributed by atoms with Gasteiger partial charge in [-0.15, -0.1) is 0 Å². The lowest BCUT2D eigenvalue weighted by atomic mass is 10.1. The number of hydrogen-bond acceptors (Lipinski definition) is 5. The molecule has 114 valence electrons. The Morgan fingerprint density at radius 2 is 1.70 bits per heavy atom. The van der Waals surface area contributed by atoms with E-state index in [1.165, 1.54) is 0 Å². The molecule has 0 bridgehead atoms. The Morgan fingerprint density at radius 3 is 2.20 bits per heavy atom. The van der Waals surface area contributed by atoms with Gasteiger partial charge in [0.2, 0.25) is 0 Å². The van der Waals surface area contributed by atoms with Crippen molar-refractivity contribution >= 4 is 11.4 Å². The van der Waals surface area contributed by atoms with Gasteiger partial charge >= 0.3 is 0 Å². The largest absolute Gasteiger partial charge is 0.493 e. The van der Waals surface area contributed by atoms with Gasteiger partial charge in [-0.25, -0.2) is 0 Å². The molecule has 0 saturated heterocycles. The van der Waals surface area contributed by atoms with E-state index in [1.54, 1.807) is 27.4 Å². The fraction of sp³-hybridized carbons (Fsp3) is 0.600. The number of rotatable bonds is 8. The lowest BCUT2D eigenvalue weighted by Gasteiger charge is -2.28. The molecule has 0 saturated carbocycles. The van der Waals surface area contributed by atoms with E-state index in [2.05, 4.69) is 18.7 Å². The molecule has 1 aromatic carbocycles. The molecule has 0 radical (unpaired) electrons. The van der Waals surface area contributed by atoms with Crippen molar-refractivity contribution in [1.29, 1.82) is 0 Å². The molecule has 0 heterocycles. The minimum Gasteiger partial charge on any atom is -0.493 e. The number of benzene rings is 1. The standard InChI is InChI=1S/C15H26N2O3/c1-11(2)10-17(6-7-18-3)13-9-15(20-5)14(19-4)8-12(13)16/h8-9,11H,6-7,10,16H2,1-5H3. The van der Waals surface area contributed by atoms with Crippen molar-refractivity contribution in [2.45, 2.75) is 13.8 Å². The van der Waals surface area contributed by atoms with Crippen molar-refractivity contribution in [3.8, 4) is 11.5 Å². The highest BCUT2D eigenvalue weighted by Gasteiger charge is 2.15. The Bertz CT molecular complexity index is 422. The van der Waals surface area contributed by atoms with Crippen molar-refractivity contribution in [3.05, 3.63) is 12.1 Å². The summed E-state index contributed by atoms with van der Waals surface area (Å²) in [4.78, 5) is 2.21. The summed E-state index contributed by atoms with van der Waals surface area (Å²) in [5.74, 6) is 1.85. The Morgan fingerprint density at radius 1 is 1.10 bits per heavy atom. The SMILES string of the molecule is COCCN(CC(C)C)c1cc(OC)c(OC)cc1N. The Hall–Kier alpha value is -1.62. The van der Waals surface area contributed by atoms with Gasteiger partial charge in [-0.3, -0.25) is 0 Å². The van der Waals surface area contributed by atoms with Gasteiger partial charge in [-0.05, 0) is 5.92 Å². The van der Waals surface area contributed by atoms with Crippen molar-refractivity contribution < 1.29 is 14.2 Å². The first-order chi connectivity index (χ1) is 9.53. The number of anilines is 2. The molecule has 1 aromatic rings. The van der Waals surface area contributed by atoms with E-state index < -0.39 is 0 Å². The zero-order valence-corrected chi connectivity index (χ0v) is 13.1. The maximum Gasteiger partial charge on any atom is 0.162 e. The van der Waals surface area contributed by atoms with E-state index in [0.717, 1.165) is 18.8 Å². The molecule has 5 nitrogen and oxygen atoms in total. The Balaban J connectivity index is 3.10. The second-order valence-electron chi connectivity index (χ2n) is 5.10. The molecule has 0 aliphatic rings. The molecule has 0 atom stereocenters. The summed E-state index contributed by atoms with van der Waals surface area (Å²) in [5.41, 5.74) is 7.78. The van der Waals surface area contributed by atoms with E-state index >= 15 is 0 Å². The highest BCUT2D eigenvalue weighted by molar-refractivity contribution is 5.73. The highest BCUT2D eigenvalue weighted by atomic mass is 16.5. The molecule has 0 fully saturated rings. The minimum absolute atomic E-state index is 0.527. The van der Waals surface area contributed by atoms with Crippen LogP contribution in [0.3, 0.4) is 0 Å². The third-order valence-corrected chi connectivity index (χ3v) is 3.02. The maximum atomic E-state index is 6.15. The summed E-state index contributed by atoms with van der Waals surface area (Å²) >= 11 is 0. The second kappa shape index (κ2) is 7.85. The molecular weight excluding hydrogens is 256 g/mol. The molecular formula is C15H26N2O3. The van der Waals surface area contributed by atoms with Crippen LogP contribution in [-0.2, 0) is 4.74 Å². The Kier molecular flexibility index (Phi) is 6.45. The lowest BCUT2D eigenvalue weighted by molar-refractivity contribution is 0.204. The minimum atomic E-state index is 0.527. The zero-order chi connectivity index (χ0) is 15.1. The quantitative estimate of drug-likeness (QED) is 0.742. The van der Waals surface area contributed by atoms with E-state index in [4.69, 9.17) is 19.9 Å². The van der Waals surface area contributed by atoms with Gasteiger partial charge in [0.05, 0.1) is 32.2 Å². The maximum absolute atomic E-state index is 6.15. The normalized spacial score (nSPS) is 10.7. The average Bonchev–Trinajstić information content (AvgIpc) is 2.42. The lowest BCUT2D eigenvalue weighted by Crippen LogP contribution is -2.31. The number of nitrogens with two attached hydrogens (primary N) is 1. The summed E-state index contributed by atoms with van der Waals surface area (Å²) in [6, 6.07) is 3.72. The summed E-state index contributed by atoms with van der Waals surface area (Å²) in [7, 11) is 4.93. The number of nitrogens with zero attached hydrogens (tertiary/aromatic N) is 1. The summed E-state index contributed by atoms with van der Waals surface area (Å²) in [5, 5.41) is 0. The second-order valence-corrected chi connectivity index (χ2v) is 5.10. The summed E-state index contributed by atoms with van der Waals surface area (Å²) in [6.07, 6.45) is 0. The van der Waals surface area contributed by atoms with E-state index in [-0.39, 0.29) is 0 Å². The van der Waals surface area contributed by atoms with E-state index in [0.29, 0.717) is 29.7 Å². The number of ether oxygens (including phenoxy) is 3. The third-order valence-electron chi connectivity index (χ3n) is 3.02. The molecule has 0 amide bonds. The van der Waals surface area contributed by atoms with Gasteiger partial charge < -0.3 is 24.8 Å². The average molecular weight is 282 g/mol. The molecule has 2 N–H and O–H groups in total. The van der Waals surface area contributed by atoms with Crippen molar-refractivity contribution in [2.75, 3.05) is 51.7 Å². The predicted octanol–water partition coefficient (Wildman–Crippen LogP) is 2.39. The van der Waals surface area contributed by atoms with E-state index in [1.807, 2.05) is 6.07 Å². The van der Waals surface area contributed by atoms with Gasteiger partial charge in [0, 0.05) is 32.3 Å². The fourth-order valence-electron chi connectivity index (χ4n) is 2.11. The van der Waals surface area contributed by atoms with Crippen LogP contribution in [0.1, 0.15) is 13.8 Å². The predicted molar refractivity (Wildman–Crippen MR) is 82.9 cm³/mol. The van der Waals surface area contributed by atoms with Gasteiger partial charge in [0.1, 0.15) is 0 Å².